The highest BCUT2D eigenvalue weighted by Crippen LogP contribution is 2.23. The number of nitrogens with zero attached hydrogens (tertiary/aromatic N) is 3. The molecule has 0 amide bonds. The van der Waals surface area contributed by atoms with Crippen LogP contribution < -0.4 is 11.1 Å². The summed E-state index contributed by atoms with van der Waals surface area (Å²) in [5.74, 6) is 0.979. The van der Waals surface area contributed by atoms with Crippen LogP contribution in [0.25, 0.3) is 0 Å². The van der Waals surface area contributed by atoms with E-state index >= 15 is 0 Å². The van der Waals surface area contributed by atoms with Gasteiger partial charge in [0.1, 0.15) is 5.82 Å². The van der Waals surface area contributed by atoms with Crippen LogP contribution in [0, 0.1) is 13.8 Å². The van der Waals surface area contributed by atoms with E-state index in [9.17, 15) is 8.42 Å². The highest BCUT2D eigenvalue weighted by Gasteiger charge is 2.28. The third-order valence-corrected chi connectivity index (χ3v) is 5.51. The minimum Gasteiger partial charge on any atom is -0.370 e. The zero-order valence-electron chi connectivity index (χ0n) is 13.5. The van der Waals surface area contributed by atoms with E-state index in [2.05, 4.69) is 15.3 Å². The summed E-state index contributed by atoms with van der Waals surface area (Å²) in [6.45, 7) is 5.13. The third kappa shape index (κ3) is 4.07. The summed E-state index contributed by atoms with van der Waals surface area (Å²) in [6, 6.07) is 0.0665. The van der Waals surface area contributed by atoms with E-state index in [1.807, 2.05) is 13.8 Å². The number of rotatable bonds is 5. The zero-order chi connectivity index (χ0) is 16.3. The van der Waals surface area contributed by atoms with Crippen LogP contribution in [-0.4, -0.2) is 48.1 Å². The van der Waals surface area contributed by atoms with Crippen molar-refractivity contribution in [2.24, 2.45) is 0 Å². The van der Waals surface area contributed by atoms with Crippen molar-refractivity contribution < 1.29 is 8.42 Å². The Kier molecular flexibility index (Phi) is 5.23. The maximum atomic E-state index is 11.8. The van der Waals surface area contributed by atoms with Gasteiger partial charge in [0.25, 0.3) is 0 Å². The number of sulfonamides is 1. The fraction of sp³-hybridized carbons (Fsp3) is 0.714. The first kappa shape index (κ1) is 17.0. The van der Waals surface area contributed by atoms with Crippen molar-refractivity contribution in [2.45, 2.75) is 45.6 Å². The lowest BCUT2D eigenvalue weighted by molar-refractivity contribution is 0.246. The van der Waals surface area contributed by atoms with Crippen LogP contribution >= 0.6 is 0 Å². The lowest BCUT2D eigenvalue weighted by Gasteiger charge is -2.33. The first-order valence-corrected chi connectivity index (χ1v) is 9.45. The maximum absolute atomic E-state index is 11.8. The van der Waals surface area contributed by atoms with E-state index in [4.69, 9.17) is 5.73 Å². The summed E-state index contributed by atoms with van der Waals surface area (Å²) < 4.78 is 25.3. The normalized spacial score (nSPS) is 20.0. The maximum Gasteiger partial charge on any atom is 0.222 e. The van der Waals surface area contributed by atoms with E-state index in [0.29, 0.717) is 13.1 Å². The summed E-state index contributed by atoms with van der Waals surface area (Å²) in [5, 5.41) is 3.26. The SMILES string of the molecule is Cc1nc(N)nc(NCC[C@@H]2CCCCN2S(C)(=O)=O)c1C. The molecule has 2 heterocycles. The van der Waals surface area contributed by atoms with Crippen molar-refractivity contribution in [3.63, 3.8) is 0 Å². The molecule has 1 aromatic heterocycles. The van der Waals surface area contributed by atoms with E-state index in [0.717, 1.165) is 42.8 Å². The lowest BCUT2D eigenvalue weighted by atomic mass is 10.0. The van der Waals surface area contributed by atoms with Crippen LogP contribution in [0.4, 0.5) is 11.8 Å². The standard InChI is InChI=1S/C14H25N5O2S/c1-10-11(2)17-14(15)18-13(10)16-8-7-12-6-4-5-9-19(12)22(3,20)21/h12H,4-9H2,1-3H3,(H3,15,16,17,18)/t12-/m0/s1. The lowest BCUT2D eigenvalue weighted by Crippen LogP contribution is -2.43. The molecule has 0 aromatic carbocycles. The Morgan fingerprint density at radius 3 is 2.73 bits per heavy atom. The molecule has 0 bridgehead atoms. The van der Waals surface area contributed by atoms with Crippen molar-refractivity contribution in [3.8, 4) is 0 Å². The molecule has 0 unspecified atom stereocenters. The molecule has 0 spiro atoms. The van der Waals surface area contributed by atoms with E-state index in [-0.39, 0.29) is 12.0 Å². The fourth-order valence-corrected chi connectivity index (χ4v) is 4.09. The van der Waals surface area contributed by atoms with Gasteiger partial charge >= 0.3 is 0 Å². The molecule has 0 aliphatic carbocycles. The molecule has 1 aliphatic heterocycles. The van der Waals surface area contributed by atoms with Gasteiger partial charge in [0.05, 0.1) is 6.26 Å². The monoisotopic (exact) mass is 327 g/mol. The summed E-state index contributed by atoms with van der Waals surface area (Å²) >= 11 is 0. The van der Waals surface area contributed by atoms with Gasteiger partial charge in [0, 0.05) is 30.4 Å². The van der Waals surface area contributed by atoms with Crippen LogP contribution in [-0.2, 0) is 10.0 Å². The van der Waals surface area contributed by atoms with E-state index < -0.39 is 10.0 Å². The van der Waals surface area contributed by atoms with Crippen LogP contribution in [0.1, 0.15) is 36.9 Å². The second kappa shape index (κ2) is 6.78. The van der Waals surface area contributed by atoms with Gasteiger partial charge in [-0.25, -0.2) is 13.4 Å². The number of aromatic nitrogens is 2. The third-order valence-electron chi connectivity index (χ3n) is 4.18. The van der Waals surface area contributed by atoms with Crippen LogP contribution in [0.2, 0.25) is 0 Å². The molecular weight excluding hydrogens is 302 g/mol. The Balaban J connectivity index is 1.98. The number of nitrogens with one attached hydrogen (secondary N) is 1. The molecule has 22 heavy (non-hydrogen) atoms. The number of nitrogens with two attached hydrogens (primary N) is 1. The summed E-state index contributed by atoms with van der Waals surface area (Å²) in [5.41, 5.74) is 7.49. The van der Waals surface area contributed by atoms with Crippen molar-refractivity contribution in [2.75, 3.05) is 30.4 Å². The van der Waals surface area contributed by atoms with Crippen LogP contribution in [0.15, 0.2) is 0 Å². The molecular formula is C14H25N5O2S. The number of hydrogen-bond acceptors (Lipinski definition) is 6. The quantitative estimate of drug-likeness (QED) is 0.845. The van der Waals surface area contributed by atoms with Gasteiger partial charge in [-0.15, -0.1) is 0 Å². The molecule has 7 nitrogen and oxygen atoms in total. The summed E-state index contributed by atoms with van der Waals surface area (Å²) in [7, 11) is -3.13. The Morgan fingerprint density at radius 2 is 2.05 bits per heavy atom. The average Bonchev–Trinajstić information content (AvgIpc) is 2.43. The second-order valence-corrected chi connectivity index (χ2v) is 7.81. The first-order valence-electron chi connectivity index (χ1n) is 7.60. The van der Waals surface area contributed by atoms with Gasteiger partial charge in [-0.1, -0.05) is 6.42 Å². The highest BCUT2D eigenvalue weighted by molar-refractivity contribution is 7.88. The van der Waals surface area contributed by atoms with Crippen molar-refractivity contribution in [1.82, 2.24) is 14.3 Å². The van der Waals surface area contributed by atoms with Gasteiger partial charge in [-0.3, -0.25) is 0 Å². The molecule has 1 atom stereocenters. The molecule has 0 radical (unpaired) electrons. The number of anilines is 2. The zero-order valence-corrected chi connectivity index (χ0v) is 14.3. The number of nitrogen functional groups attached to an aromatic ring is 1. The Morgan fingerprint density at radius 1 is 1.32 bits per heavy atom. The number of piperidine rings is 1. The van der Waals surface area contributed by atoms with E-state index in [1.165, 1.54) is 6.26 Å². The molecule has 0 saturated carbocycles. The second-order valence-electron chi connectivity index (χ2n) is 5.88. The van der Waals surface area contributed by atoms with Crippen molar-refractivity contribution >= 4 is 21.8 Å². The fourth-order valence-electron chi connectivity index (χ4n) is 2.88. The summed E-state index contributed by atoms with van der Waals surface area (Å²) in [4.78, 5) is 8.32. The minimum atomic E-state index is -3.13. The van der Waals surface area contributed by atoms with Gasteiger partial charge in [0.15, 0.2) is 0 Å². The van der Waals surface area contributed by atoms with Gasteiger partial charge in [-0.05, 0) is 33.1 Å². The molecule has 1 aromatic rings. The molecule has 3 N–H and O–H groups in total. The highest BCUT2D eigenvalue weighted by atomic mass is 32.2. The van der Waals surface area contributed by atoms with Gasteiger partial charge in [-0.2, -0.15) is 9.29 Å². The van der Waals surface area contributed by atoms with Gasteiger partial charge < -0.3 is 11.1 Å². The topological polar surface area (TPSA) is 101 Å². The molecule has 2 rings (SSSR count). The molecule has 1 aliphatic rings. The van der Waals surface area contributed by atoms with Crippen molar-refractivity contribution in [3.05, 3.63) is 11.3 Å². The number of hydrogen-bond donors (Lipinski definition) is 2. The summed E-state index contributed by atoms with van der Waals surface area (Å²) in [6.07, 6.45) is 4.98. The largest absolute Gasteiger partial charge is 0.370 e. The Labute approximate surface area is 132 Å². The van der Waals surface area contributed by atoms with Crippen molar-refractivity contribution in [1.29, 1.82) is 0 Å². The molecule has 8 heteroatoms. The van der Waals surface area contributed by atoms with Crippen LogP contribution in [0.3, 0.4) is 0 Å². The Bertz CT molecular complexity index is 632. The smallest absolute Gasteiger partial charge is 0.222 e. The minimum absolute atomic E-state index is 0.0665. The van der Waals surface area contributed by atoms with Gasteiger partial charge in [0.2, 0.25) is 16.0 Å². The predicted molar refractivity (Wildman–Crippen MR) is 88.2 cm³/mol. The van der Waals surface area contributed by atoms with Crippen LogP contribution in [0.5, 0.6) is 0 Å². The number of aryl methyl sites for hydroxylation is 1. The van der Waals surface area contributed by atoms with E-state index in [1.54, 1.807) is 4.31 Å². The predicted octanol–water partition coefficient (Wildman–Crippen LogP) is 1.29. The molecule has 1 saturated heterocycles. The molecule has 1 fully saturated rings. The molecule has 124 valence electrons. The average molecular weight is 327 g/mol. The Hall–Kier alpha value is -1.41. The first-order chi connectivity index (χ1) is 10.3.